The van der Waals surface area contributed by atoms with Gasteiger partial charge in [-0.1, -0.05) is 0 Å². The maximum atomic E-state index is 11.8. The van der Waals surface area contributed by atoms with Gasteiger partial charge >= 0.3 is 0 Å². The molecule has 1 aromatic heterocycles. The van der Waals surface area contributed by atoms with Crippen LogP contribution in [0.5, 0.6) is 0 Å². The summed E-state index contributed by atoms with van der Waals surface area (Å²) >= 11 is 3.21. The number of nitrogens with zero attached hydrogens (tertiary/aromatic N) is 2. The lowest BCUT2D eigenvalue weighted by Crippen LogP contribution is -2.42. The predicted octanol–water partition coefficient (Wildman–Crippen LogP) is 1.01. The number of halogens is 1. The SMILES string of the molecule is Cc1ncn(C(C)(C)CN)c(=O)c1Br. The summed E-state index contributed by atoms with van der Waals surface area (Å²) < 4.78 is 2.05. The Labute approximate surface area is 91.3 Å². The Balaban J connectivity index is 3.39. The number of rotatable bonds is 2. The molecule has 78 valence electrons. The van der Waals surface area contributed by atoms with E-state index in [1.807, 2.05) is 13.8 Å². The molecular formula is C9H14BrN3O. The van der Waals surface area contributed by atoms with Gasteiger partial charge in [-0.15, -0.1) is 0 Å². The van der Waals surface area contributed by atoms with Crippen molar-refractivity contribution in [1.82, 2.24) is 9.55 Å². The van der Waals surface area contributed by atoms with Gasteiger partial charge in [0.25, 0.3) is 5.56 Å². The average Bonchev–Trinajstić information content (AvgIpc) is 2.14. The van der Waals surface area contributed by atoms with Crippen LogP contribution in [0.3, 0.4) is 0 Å². The molecule has 0 aliphatic rings. The molecule has 0 bridgehead atoms. The third kappa shape index (κ3) is 1.88. The highest BCUT2D eigenvalue weighted by Gasteiger charge is 2.20. The monoisotopic (exact) mass is 259 g/mol. The molecule has 0 aromatic carbocycles. The van der Waals surface area contributed by atoms with Crippen LogP contribution in [0.2, 0.25) is 0 Å². The molecule has 1 heterocycles. The summed E-state index contributed by atoms with van der Waals surface area (Å²) in [6.45, 7) is 5.98. The number of hydrogen-bond acceptors (Lipinski definition) is 3. The van der Waals surface area contributed by atoms with Gasteiger partial charge in [0.05, 0.1) is 17.6 Å². The molecular weight excluding hydrogens is 246 g/mol. The van der Waals surface area contributed by atoms with Crippen LogP contribution in [0.25, 0.3) is 0 Å². The Hall–Kier alpha value is -0.680. The summed E-state index contributed by atoms with van der Waals surface area (Å²) in [4.78, 5) is 15.9. The van der Waals surface area contributed by atoms with Gasteiger partial charge in [-0.2, -0.15) is 0 Å². The highest BCUT2D eigenvalue weighted by molar-refractivity contribution is 9.10. The normalized spacial score (nSPS) is 11.8. The number of aromatic nitrogens is 2. The zero-order valence-corrected chi connectivity index (χ0v) is 10.1. The first-order valence-electron chi connectivity index (χ1n) is 4.34. The molecule has 0 saturated heterocycles. The second kappa shape index (κ2) is 3.82. The zero-order valence-electron chi connectivity index (χ0n) is 8.54. The summed E-state index contributed by atoms with van der Waals surface area (Å²) in [5.41, 5.74) is 5.79. The molecule has 0 unspecified atom stereocenters. The van der Waals surface area contributed by atoms with Crippen molar-refractivity contribution in [1.29, 1.82) is 0 Å². The van der Waals surface area contributed by atoms with Gasteiger partial charge in [0.1, 0.15) is 4.47 Å². The highest BCUT2D eigenvalue weighted by Crippen LogP contribution is 2.13. The molecule has 4 nitrogen and oxygen atoms in total. The van der Waals surface area contributed by atoms with Crippen molar-refractivity contribution in [3.8, 4) is 0 Å². The maximum absolute atomic E-state index is 11.8. The zero-order chi connectivity index (χ0) is 10.9. The molecule has 2 N–H and O–H groups in total. The van der Waals surface area contributed by atoms with E-state index in [-0.39, 0.29) is 5.56 Å². The van der Waals surface area contributed by atoms with Crippen molar-refractivity contribution in [2.24, 2.45) is 5.73 Å². The van der Waals surface area contributed by atoms with Crippen LogP contribution >= 0.6 is 15.9 Å². The topological polar surface area (TPSA) is 60.9 Å². The molecule has 0 radical (unpaired) electrons. The lowest BCUT2D eigenvalue weighted by atomic mass is 10.1. The second-order valence-electron chi connectivity index (χ2n) is 3.84. The van der Waals surface area contributed by atoms with Gasteiger partial charge in [0.2, 0.25) is 0 Å². The van der Waals surface area contributed by atoms with Crippen molar-refractivity contribution in [3.05, 3.63) is 26.8 Å². The second-order valence-corrected chi connectivity index (χ2v) is 4.63. The van der Waals surface area contributed by atoms with E-state index in [0.29, 0.717) is 16.7 Å². The van der Waals surface area contributed by atoms with Gasteiger partial charge in [-0.3, -0.25) is 9.36 Å². The van der Waals surface area contributed by atoms with Gasteiger partial charge in [0.15, 0.2) is 0 Å². The Morgan fingerprint density at radius 3 is 2.71 bits per heavy atom. The Bertz CT molecular complexity index is 398. The minimum absolute atomic E-state index is 0.0899. The summed E-state index contributed by atoms with van der Waals surface area (Å²) in [6, 6.07) is 0. The van der Waals surface area contributed by atoms with Gasteiger partial charge < -0.3 is 5.73 Å². The average molecular weight is 260 g/mol. The van der Waals surface area contributed by atoms with Crippen LogP contribution in [0.4, 0.5) is 0 Å². The molecule has 0 saturated carbocycles. The van der Waals surface area contributed by atoms with Crippen molar-refractivity contribution in [2.45, 2.75) is 26.3 Å². The Morgan fingerprint density at radius 1 is 1.64 bits per heavy atom. The fraction of sp³-hybridized carbons (Fsp3) is 0.556. The molecule has 5 heteroatoms. The summed E-state index contributed by atoms with van der Waals surface area (Å²) in [5.74, 6) is 0. The quantitative estimate of drug-likeness (QED) is 0.863. The van der Waals surface area contributed by atoms with Gasteiger partial charge in [-0.25, -0.2) is 4.98 Å². The van der Waals surface area contributed by atoms with E-state index >= 15 is 0 Å². The molecule has 0 aliphatic carbocycles. The maximum Gasteiger partial charge on any atom is 0.268 e. The highest BCUT2D eigenvalue weighted by atomic mass is 79.9. The predicted molar refractivity (Wildman–Crippen MR) is 59.3 cm³/mol. The van der Waals surface area contributed by atoms with E-state index in [1.165, 1.54) is 6.33 Å². The number of nitrogens with two attached hydrogens (primary N) is 1. The molecule has 1 aromatic rings. The van der Waals surface area contributed by atoms with E-state index in [0.717, 1.165) is 0 Å². The lowest BCUT2D eigenvalue weighted by molar-refractivity contribution is 0.349. The van der Waals surface area contributed by atoms with E-state index in [9.17, 15) is 4.79 Å². The van der Waals surface area contributed by atoms with Crippen molar-refractivity contribution >= 4 is 15.9 Å². The first-order valence-corrected chi connectivity index (χ1v) is 5.14. The van der Waals surface area contributed by atoms with Gasteiger partial charge in [0, 0.05) is 6.54 Å². The van der Waals surface area contributed by atoms with E-state index in [4.69, 9.17) is 5.73 Å². The molecule has 0 aliphatic heterocycles. The largest absolute Gasteiger partial charge is 0.328 e. The molecule has 1 rings (SSSR count). The molecule has 14 heavy (non-hydrogen) atoms. The van der Waals surface area contributed by atoms with Crippen molar-refractivity contribution in [3.63, 3.8) is 0 Å². The van der Waals surface area contributed by atoms with Crippen LogP contribution in [0.1, 0.15) is 19.5 Å². The minimum atomic E-state index is -0.402. The molecule has 0 fully saturated rings. The van der Waals surface area contributed by atoms with Crippen LogP contribution < -0.4 is 11.3 Å². The van der Waals surface area contributed by atoms with E-state index in [1.54, 1.807) is 11.5 Å². The van der Waals surface area contributed by atoms with Crippen molar-refractivity contribution < 1.29 is 0 Å². The smallest absolute Gasteiger partial charge is 0.268 e. The van der Waals surface area contributed by atoms with Crippen molar-refractivity contribution in [2.75, 3.05) is 6.54 Å². The van der Waals surface area contributed by atoms with Gasteiger partial charge in [-0.05, 0) is 36.7 Å². The first-order chi connectivity index (χ1) is 6.40. The number of hydrogen-bond donors (Lipinski definition) is 1. The third-order valence-electron chi connectivity index (χ3n) is 2.24. The molecule has 0 atom stereocenters. The minimum Gasteiger partial charge on any atom is -0.328 e. The molecule has 0 spiro atoms. The first kappa shape index (κ1) is 11.4. The summed E-state index contributed by atoms with van der Waals surface area (Å²) in [7, 11) is 0. The van der Waals surface area contributed by atoms with E-state index < -0.39 is 5.54 Å². The fourth-order valence-electron chi connectivity index (χ4n) is 1.04. The molecule has 0 amide bonds. The standard InChI is InChI=1S/C9H14BrN3O/c1-6-7(10)8(14)13(5-12-6)9(2,3)4-11/h5H,4,11H2,1-3H3. The number of aryl methyl sites for hydroxylation is 1. The van der Waals surface area contributed by atoms with Crippen LogP contribution in [0.15, 0.2) is 15.6 Å². The summed E-state index contributed by atoms with van der Waals surface area (Å²) in [5, 5.41) is 0. The Kier molecular flexibility index (Phi) is 3.11. The van der Waals surface area contributed by atoms with E-state index in [2.05, 4.69) is 20.9 Å². The third-order valence-corrected chi connectivity index (χ3v) is 3.16. The van der Waals surface area contributed by atoms with Crippen LogP contribution in [-0.4, -0.2) is 16.1 Å². The summed E-state index contributed by atoms with van der Waals surface area (Å²) in [6.07, 6.45) is 1.54. The Morgan fingerprint density at radius 2 is 2.21 bits per heavy atom. The van der Waals surface area contributed by atoms with Crippen LogP contribution in [-0.2, 0) is 5.54 Å². The lowest BCUT2D eigenvalue weighted by Gasteiger charge is -2.25. The fourth-order valence-corrected chi connectivity index (χ4v) is 1.34. The van der Waals surface area contributed by atoms with Crippen LogP contribution in [0, 0.1) is 6.92 Å².